The number of ether oxygens (including phenoxy) is 4. The van der Waals surface area contributed by atoms with Gasteiger partial charge in [0.1, 0.15) is 11.8 Å². The van der Waals surface area contributed by atoms with Crippen molar-refractivity contribution in [3.05, 3.63) is 52.1 Å². The molecule has 0 saturated carbocycles. The second-order valence-corrected chi connectivity index (χ2v) is 17.9. The van der Waals surface area contributed by atoms with Gasteiger partial charge in [-0.1, -0.05) is 20.8 Å². The molecule has 2 heterocycles. The molecule has 0 spiro atoms. The van der Waals surface area contributed by atoms with Crippen molar-refractivity contribution < 1.29 is 65.1 Å². The van der Waals surface area contributed by atoms with Crippen LogP contribution in [0.15, 0.2) is 35.3 Å². The number of benzene rings is 1. The number of aromatic nitrogens is 4. The lowest BCUT2D eigenvalue weighted by Crippen LogP contribution is -2.42. The van der Waals surface area contributed by atoms with E-state index in [-0.39, 0.29) is 71.2 Å². The molecule has 0 saturated heterocycles. The van der Waals surface area contributed by atoms with Crippen LogP contribution in [-0.4, -0.2) is 138 Å². The lowest BCUT2D eigenvalue weighted by molar-refractivity contribution is -0.170. The molecule has 1 aromatic carbocycles. The van der Waals surface area contributed by atoms with Crippen LogP contribution in [0.25, 0.3) is 11.2 Å². The van der Waals surface area contributed by atoms with Crippen LogP contribution in [-0.2, 0) is 53.7 Å². The van der Waals surface area contributed by atoms with E-state index in [1.807, 2.05) is 0 Å². The van der Waals surface area contributed by atoms with Crippen LogP contribution < -0.4 is 21.1 Å². The van der Waals surface area contributed by atoms with Crippen LogP contribution in [0.2, 0.25) is 0 Å². The third-order valence-electron chi connectivity index (χ3n) is 9.81. The normalized spacial score (nSPS) is 12.7. The van der Waals surface area contributed by atoms with Crippen molar-refractivity contribution in [1.82, 2.24) is 29.9 Å². The summed E-state index contributed by atoms with van der Waals surface area (Å²) in [6, 6.07) is 3.81. The Morgan fingerprint density at radius 2 is 1.42 bits per heavy atom. The second kappa shape index (κ2) is 29.9. The van der Waals surface area contributed by atoms with Crippen molar-refractivity contribution in [1.29, 1.82) is 0 Å². The number of anilines is 2. The van der Waals surface area contributed by atoms with Crippen molar-refractivity contribution in [2.75, 3.05) is 70.2 Å². The number of aromatic amines is 1. The first-order chi connectivity index (χ1) is 32.8. The molecule has 384 valence electrons. The van der Waals surface area contributed by atoms with E-state index in [9.17, 15) is 41.9 Å². The summed E-state index contributed by atoms with van der Waals surface area (Å²) in [5.41, 5.74) is -1.98. The maximum atomic E-state index is 13.8. The number of halogens is 3. The summed E-state index contributed by atoms with van der Waals surface area (Å²) in [6.45, 7) is 16.4. The smallest absolute Gasteiger partial charge is 0.467 e. The minimum absolute atomic E-state index is 0.0473. The summed E-state index contributed by atoms with van der Waals surface area (Å²) in [7, 11) is -0.0571. The number of nitrogens with zero attached hydrogens (tertiary/aromatic N) is 5. The molecule has 69 heavy (non-hydrogen) atoms. The summed E-state index contributed by atoms with van der Waals surface area (Å²) < 4.78 is 77.3. The number of ketones is 1. The maximum absolute atomic E-state index is 13.8. The highest BCUT2D eigenvalue weighted by Crippen LogP contribution is 2.45. The molecule has 0 aliphatic rings. The molecule has 2 atom stereocenters. The number of unbranched alkanes of at least 4 members (excludes halogenated alkanes) is 1. The van der Waals surface area contributed by atoms with E-state index in [0.29, 0.717) is 70.6 Å². The Labute approximate surface area is 401 Å². The Morgan fingerprint density at radius 3 is 2.00 bits per heavy atom. The molecule has 0 aliphatic carbocycles. The van der Waals surface area contributed by atoms with E-state index < -0.39 is 62.5 Å². The molecule has 2 unspecified atom stereocenters. The number of nitrogens with one attached hydrogen (secondary N) is 3. The molecule has 24 heteroatoms. The molecular weight excluding hydrogens is 933 g/mol. The molecule has 0 bridgehead atoms. The van der Waals surface area contributed by atoms with E-state index in [4.69, 9.17) is 28.0 Å². The highest BCUT2D eigenvalue weighted by atomic mass is 31.2. The minimum Gasteiger partial charge on any atom is -0.467 e. The number of H-pyrrole nitrogens is 1. The van der Waals surface area contributed by atoms with Gasteiger partial charge in [0.2, 0.25) is 11.9 Å². The summed E-state index contributed by atoms with van der Waals surface area (Å²) in [6.07, 6.45) is -2.16. The van der Waals surface area contributed by atoms with Crippen molar-refractivity contribution in [3.63, 3.8) is 0 Å². The van der Waals surface area contributed by atoms with Gasteiger partial charge in [-0.3, -0.25) is 39.2 Å². The number of carbonyl (C=O) groups excluding carboxylic acids is 5. The van der Waals surface area contributed by atoms with Crippen molar-refractivity contribution in [3.8, 4) is 0 Å². The highest BCUT2D eigenvalue weighted by molar-refractivity contribution is 7.44. The number of amides is 3. The first kappa shape index (κ1) is 58.3. The number of hydrogen-bond donors (Lipinski definition) is 3. The molecule has 0 fully saturated rings. The van der Waals surface area contributed by atoms with E-state index in [1.165, 1.54) is 0 Å². The molecule has 0 radical (unpaired) electrons. The Hall–Kier alpha value is -5.03. The van der Waals surface area contributed by atoms with E-state index in [2.05, 4.69) is 69.9 Å². The standard InChI is InChI=1S/C45H66F3N8O12P/c1-9-19-67-69(56(30(4)5)31(6)7)68-26-25-66-24-23-65-22-21-64-20-11-10-12-35(57)17-18-36(42(61)63-8)51-40(59)32-13-15-34(16-14-32)55(43(62)45(46,47)48)28-33-27-49-38-37(50-33)41(60)54-44(52-38)53-39(58)29(2)3/h13-16,27,29-31,36H,9-12,17-26,28H2,1-8H3,(H,51,59)(H2,49,52,53,54,58,60). The van der Waals surface area contributed by atoms with E-state index in [0.717, 1.165) is 44.0 Å². The number of Topliss-reactive ketones (excluding diaryl/α,β-unsaturated/α-hetero) is 1. The van der Waals surface area contributed by atoms with Gasteiger partial charge in [0.25, 0.3) is 20.0 Å². The number of hydrogen-bond acceptors (Lipinski definition) is 16. The predicted molar refractivity (Wildman–Crippen MR) is 250 cm³/mol. The van der Waals surface area contributed by atoms with Crippen LogP contribution >= 0.6 is 8.53 Å². The van der Waals surface area contributed by atoms with Crippen molar-refractivity contribution >= 4 is 60.8 Å². The fourth-order valence-electron chi connectivity index (χ4n) is 6.36. The molecule has 3 rings (SSSR count). The maximum Gasteiger partial charge on any atom is 0.471 e. The van der Waals surface area contributed by atoms with Crippen molar-refractivity contribution in [2.45, 2.75) is 118 Å². The summed E-state index contributed by atoms with van der Waals surface area (Å²) in [5, 5.41) is 4.91. The number of carbonyl (C=O) groups is 5. The number of fused-ring (bicyclic) bond motifs is 1. The SMILES string of the molecule is CCCOP(OCCOCCOCCOCCCCC(=O)CCC(NC(=O)c1ccc(N(Cc2cnc3nc(NC(=O)C(C)C)[nH]c(=O)c3n2)C(=O)C(F)(F)F)cc1)C(=O)OC)N(C(C)C)C(C)C. The zero-order valence-electron chi connectivity index (χ0n) is 40.5. The Kier molecular flexibility index (Phi) is 25.2. The predicted octanol–water partition coefficient (Wildman–Crippen LogP) is 6.03. The van der Waals surface area contributed by atoms with Gasteiger partial charge in [0.05, 0.1) is 71.8 Å². The molecule has 0 aliphatic heterocycles. The molecule has 2 aromatic heterocycles. The molecule has 3 aromatic rings. The average molecular weight is 999 g/mol. The zero-order valence-corrected chi connectivity index (χ0v) is 41.4. The summed E-state index contributed by atoms with van der Waals surface area (Å²) in [4.78, 5) is 90.6. The van der Waals surface area contributed by atoms with Gasteiger partial charge in [0.15, 0.2) is 11.2 Å². The number of methoxy groups -OCH3 is 1. The lowest BCUT2D eigenvalue weighted by atomic mass is 10.0. The summed E-state index contributed by atoms with van der Waals surface area (Å²) in [5.74, 6) is -5.10. The first-order valence-electron chi connectivity index (χ1n) is 22.8. The Balaban J connectivity index is 1.42. The molecular formula is C45H66F3N8O12P. The van der Waals surface area contributed by atoms with E-state index in [1.54, 1.807) is 13.8 Å². The molecule has 3 N–H and O–H groups in total. The van der Waals surface area contributed by atoms with Gasteiger partial charge in [-0.05, 0) is 77.6 Å². The van der Waals surface area contributed by atoms with E-state index >= 15 is 0 Å². The van der Waals surface area contributed by atoms with Crippen LogP contribution in [0.4, 0.5) is 24.8 Å². The number of alkyl halides is 3. The number of rotatable bonds is 32. The third-order valence-corrected chi connectivity index (χ3v) is 11.9. The van der Waals surface area contributed by atoms with Crippen LogP contribution in [0.3, 0.4) is 0 Å². The first-order valence-corrected chi connectivity index (χ1v) is 23.9. The second-order valence-electron chi connectivity index (χ2n) is 16.4. The lowest BCUT2D eigenvalue weighted by Gasteiger charge is -2.35. The fourth-order valence-corrected chi connectivity index (χ4v) is 8.02. The van der Waals surface area contributed by atoms with Gasteiger partial charge in [0, 0.05) is 48.7 Å². The number of esters is 1. The topological polar surface area (TPSA) is 243 Å². The van der Waals surface area contributed by atoms with Crippen LogP contribution in [0, 0.1) is 5.92 Å². The van der Waals surface area contributed by atoms with Gasteiger partial charge in [-0.15, -0.1) is 0 Å². The van der Waals surface area contributed by atoms with Gasteiger partial charge >= 0.3 is 18.1 Å². The zero-order chi connectivity index (χ0) is 51.1. The van der Waals surface area contributed by atoms with Gasteiger partial charge in [-0.2, -0.15) is 18.2 Å². The Morgan fingerprint density at radius 1 is 0.812 bits per heavy atom. The van der Waals surface area contributed by atoms with Gasteiger partial charge < -0.3 is 33.3 Å². The highest BCUT2D eigenvalue weighted by Gasteiger charge is 2.43. The molecule has 3 amide bonds. The molecule has 20 nitrogen and oxygen atoms in total. The van der Waals surface area contributed by atoms with Crippen LogP contribution in [0.1, 0.15) is 103 Å². The monoisotopic (exact) mass is 998 g/mol. The van der Waals surface area contributed by atoms with Crippen molar-refractivity contribution in [2.24, 2.45) is 5.92 Å². The Bertz CT molecular complexity index is 2160. The average Bonchev–Trinajstić information content (AvgIpc) is 3.30. The quantitative estimate of drug-likeness (QED) is 0.0367. The minimum atomic E-state index is -5.33. The van der Waals surface area contributed by atoms with Crippen LogP contribution in [0.5, 0.6) is 0 Å². The largest absolute Gasteiger partial charge is 0.471 e. The van der Waals surface area contributed by atoms with Gasteiger partial charge in [-0.25, -0.2) is 19.4 Å². The third kappa shape index (κ3) is 20.1. The fraction of sp³-hybridized carbons (Fsp3) is 0.622. The summed E-state index contributed by atoms with van der Waals surface area (Å²) >= 11 is 0.